The minimum atomic E-state index is -0.806. The highest BCUT2D eigenvalue weighted by Gasteiger charge is 2.06. The Balaban J connectivity index is 0.000000120. The fraction of sp³-hybridized carbons (Fsp3) is 0. The molecule has 4 N–H and O–H groups in total. The number of nitrogens with two attached hydrogens (primary N) is 1. The van der Waals surface area contributed by atoms with Crippen molar-refractivity contribution in [2.45, 2.75) is 0 Å². The minimum Gasteiger partial charge on any atom is -0.249 e. The van der Waals surface area contributed by atoms with Gasteiger partial charge in [0, 0.05) is 0 Å². The van der Waals surface area contributed by atoms with Crippen molar-refractivity contribution >= 4 is 0 Å². The third kappa shape index (κ3) is 2.52. The molecular weight excluding hydrogens is 160 g/mol. The van der Waals surface area contributed by atoms with Gasteiger partial charge in [-0.15, -0.1) is 5.53 Å². The van der Waals surface area contributed by atoms with Crippen LogP contribution in [0.4, 0.5) is 0 Å². The third-order valence-corrected chi connectivity index (χ3v) is 1.27. The van der Waals surface area contributed by atoms with E-state index in [1.807, 2.05) is 0 Å². The average Bonchev–Trinajstić information content (AvgIpc) is 2.60. The van der Waals surface area contributed by atoms with Gasteiger partial charge in [-0.05, 0) is 17.2 Å². The van der Waals surface area contributed by atoms with Crippen LogP contribution in [0.3, 0.4) is 0 Å². The van der Waals surface area contributed by atoms with Gasteiger partial charge in [-0.3, -0.25) is 0 Å². The first-order valence-electron chi connectivity index (χ1n) is 3.20. The highest BCUT2D eigenvalue weighted by atomic mass is 16.7. The molecule has 0 heterocycles. The van der Waals surface area contributed by atoms with Gasteiger partial charge in [0.15, 0.2) is 5.03 Å². The monoisotopic (exact) mass is 168 g/mol. The number of nitrogens with one attached hydrogen (secondary N) is 2. The van der Waals surface area contributed by atoms with E-state index in [0.29, 0.717) is 0 Å². The van der Waals surface area contributed by atoms with E-state index in [-0.39, 0.29) is 0 Å². The molecule has 2 aliphatic rings. The second-order valence-electron chi connectivity index (χ2n) is 2.09. The molecule has 2 rings (SSSR count). The maximum Gasteiger partial charge on any atom is 0.174 e. The maximum atomic E-state index is 9.15. The van der Waals surface area contributed by atoms with Gasteiger partial charge in [-0.1, -0.05) is 23.7 Å². The van der Waals surface area contributed by atoms with Gasteiger partial charge in [-0.2, -0.15) is 0 Å². The number of hydrazine groups is 3. The van der Waals surface area contributed by atoms with Crippen LogP contribution >= 0.6 is 0 Å². The first-order chi connectivity index (χ1) is 5.74. The summed E-state index contributed by atoms with van der Waals surface area (Å²) in [4.78, 5) is 9.15. The van der Waals surface area contributed by atoms with Crippen LogP contribution in [-0.2, 0) is 0 Å². The normalized spacial score (nSPS) is 9.42. The molecule has 0 aromatic heterocycles. The highest BCUT2D eigenvalue weighted by Crippen LogP contribution is 2.32. The van der Waals surface area contributed by atoms with Gasteiger partial charge in [0.1, 0.15) is 0 Å². The molecule has 0 bridgehead atoms. The molecule has 0 fully saturated rings. The molecular formula is C6H8N4O2. The average molecular weight is 168 g/mol. The number of hydrogen-bond donors (Lipinski definition) is 3. The summed E-state index contributed by atoms with van der Waals surface area (Å²) in [7, 11) is 0. The van der Waals surface area contributed by atoms with Crippen molar-refractivity contribution in [3.05, 3.63) is 34.4 Å². The van der Waals surface area contributed by atoms with Gasteiger partial charge in [0.25, 0.3) is 0 Å². The molecule has 0 spiro atoms. The van der Waals surface area contributed by atoms with Crippen molar-refractivity contribution in [3.63, 3.8) is 0 Å². The van der Waals surface area contributed by atoms with Crippen molar-refractivity contribution in [3.8, 4) is 11.1 Å². The number of benzene rings is 1. The van der Waals surface area contributed by atoms with E-state index in [1.165, 1.54) is 16.7 Å². The summed E-state index contributed by atoms with van der Waals surface area (Å²) in [6.07, 6.45) is 0. The first kappa shape index (κ1) is 8.44. The predicted molar refractivity (Wildman–Crippen MR) is 42.9 cm³/mol. The second kappa shape index (κ2) is 3.65. The summed E-state index contributed by atoms with van der Waals surface area (Å²) < 4.78 is 0. The molecule has 6 nitrogen and oxygen atoms in total. The Morgan fingerprint density at radius 3 is 2.08 bits per heavy atom. The lowest BCUT2D eigenvalue weighted by atomic mass is 10.6. The van der Waals surface area contributed by atoms with Crippen LogP contribution in [0.15, 0.2) is 24.3 Å². The molecule has 64 valence electrons. The van der Waals surface area contributed by atoms with Gasteiger partial charge in [0.05, 0.1) is 0 Å². The summed E-state index contributed by atoms with van der Waals surface area (Å²) >= 11 is 0. The van der Waals surface area contributed by atoms with Crippen LogP contribution in [0.1, 0.15) is 0 Å². The van der Waals surface area contributed by atoms with Gasteiger partial charge < -0.3 is 0 Å². The largest absolute Gasteiger partial charge is 0.249 e. The fourth-order valence-corrected chi connectivity index (χ4v) is 0.728. The molecule has 0 unspecified atom stereocenters. The first-order valence-corrected chi connectivity index (χ1v) is 3.20. The summed E-state index contributed by atoms with van der Waals surface area (Å²) in [5, 5.41) is 8.35. The van der Waals surface area contributed by atoms with Crippen molar-refractivity contribution in [1.29, 1.82) is 0 Å². The molecule has 0 aliphatic heterocycles. The van der Waals surface area contributed by atoms with Crippen LogP contribution in [0.25, 0.3) is 11.1 Å². The smallest absolute Gasteiger partial charge is 0.174 e. The Hall–Kier alpha value is -1.66. The molecule has 2 aliphatic carbocycles. The van der Waals surface area contributed by atoms with Crippen molar-refractivity contribution in [2.24, 2.45) is 5.84 Å². The Kier molecular flexibility index (Phi) is 2.57. The molecule has 0 aromatic carbocycles. The quantitative estimate of drug-likeness (QED) is 0.328. The molecule has 0 atom stereocenters. The third-order valence-electron chi connectivity index (χ3n) is 1.27. The van der Waals surface area contributed by atoms with Gasteiger partial charge >= 0.3 is 0 Å². The van der Waals surface area contributed by atoms with Crippen LogP contribution in [0.5, 0.6) is 0 Å². The highest BCUT2D eigenvalue weighted by molar-refractivity contribution is 5.80. The second-order valence-corrected chi connectivity index (χ2v) is 2.09. The number of nitro groups is 1. The van der Waals surface area contributed by atoms with E-state index in [9.17, 15) is 0 Å². The number of fused-ring (bicyclic) bond motifs is 1. The lowest BCUT2D eigenvalue weighted by molar-refractivity contribution is -0.555. The lowest BCUT2D eigenvalue weighted by Crippen LogP contribution is -2.41. The van der Waals surface area contributed by atoms with E-state index in [0.717, 1.165) is 0 Å². The molecule has 6 heteroatoms. The Bertz CT molecular complexity index is 271. The fourth-order valence-electron chi connectivity index (χ4n) is 0.728. The van der Waals surface area contributed by atoms with Gasteiger partial charge in [-0.25, -0.2) is 16.0 Å². The molecule has 0 amide bonds. The van der Waals surface area contributed by atoms with Crippen molar-refractivity contribution in [2.75, 3.05) is 0 Å². The molecule has 0 radical (unpaired) electrons. The van der Waals surface area contributed by atoms with E-state index < -0.39 is 5.03 Å². The van der Waals surface area contributed by atoms with E-state index >= 15 is 0 Å². The zero-order valence-corrected chi connectivity index (χ0v) is 6.15. The zero-order chi connectivity index (χ0) is 8.97. The standard InChI is InChI=1S/C6H4.H4N4O2/c1-2-5-4-6(5)3-1;1-2-3-4(5)6/h1-4H;2-3H,1H2. The summed E-state index contributed by atoms with van der Waals surface area (Å²) in [6, 6.07) is 8.48. The van der Waals surface area contributed by atoms with E-state index in [1.54, 1.807) is 5.53 Å². The van der Waals surface area contributed by atoms with Crippen molar-refractivity contribution in [1.82, 2.24) is 11.1 Å². The Labute approximate surface area is 68.4 Å². The minimum absolute atomic E-state index is 0.806. The van der Waals surface area contributed by atoms with Crippen LogP contribution < -0.4 is 16.9 Å². The molecule has 0 saturated heterocycles. The number of hydrogen-bond acceptors (Lipinski definition) is 4. The zero-order valence-electron chi connectivity index (χ0n) is 6.15. The van der Waals surface area contributed by atoms with Crippen LogP contribution in [-0.4, -0.2) is 5.03 Å². The lowest BCUT2D eigenvalue weighted by Gasteiger charge is -1.85. The van der Waals surface area contributed by atoms with Crippen LogP contribution in [0, 0.1) is 10.1 Å². The molecule has 12 heavy (non-hydrogen) atoms. The molecule has 0 saturated carbocycles. The number of nitrogens with zero attached hydrogens (tertiary/aromatic N) is 1. The topological polar surface area (TPSA) is 93.2 Å². The predicted octanol–water partition coefficient (Wildman–Crippen LogP) is -0.187. The Morgan fingerprint density at radius 1 is 1.42 bits per heavy atom. The summed E-state index contributed by atoms with van der Waals surface area (Å²) in [6.45, 7) is 0. The van der Waals surface area contributed by atoms with Gasteiger partial charge in [0.2, 0.25) is 0 Å². The summed E-state index contributed by atoms with van der Waals surface area (Å²) in [5.74, 6) is 4.43. The summed E-state index contributed by atoms with van der Waals surface area (Å²) in [5.41, 5.74) is 5.93. The Morgan fingerprint density at radius 2 is 2.00 bits per heavy atom. The number of rotatable bonds is 2. The van der Waals surface area contributed by atoms with Crippen molar-refractivity contribution < 1.29 is 5.03 Å². The van der Waals surface area contributed by atoms with Crippen LogP contribution in [0.2, 0.25) is 0 Å². The molecule has 0 aromatic rings. The van der Waals surface area contributed by atoms with E-state index in [2.05, 4.69) is 30.1 Å². The van der Waals surface area contributed by atoms with E-state index in [4.69, 9.17) is 10.1 Å². The SMILES string of the molecule is NNN[N+](=O)[O-].c1cc2cc-2c1. The maximum absolute atomic E-state index is 9.15.